The lowest BCUT2D eigenvalue weighted by atomic mass is 9.80. The highest BCUT2D eigenvalue weighted by Gasteiger charge is 2.58. The number of anilines is 1. The van der Waals surface area contributed by atoms with Crippen LogP contribution in [0.2, 0.25) is 0 Å². The molecule has 16 nitrogen and oxygen atoms in total. The Bertz CT molecular complexity index is 1740. The Morgan fingerprint density at radius 2 is 1.82 bits per heavy atom. The Hall–Kier alpha value is -3.39. The molecule has 3 unspecified atom stereocenters. The number of benzene rings is 1. The molecule has 1 aromatic carbocycles. The lowest BCUT2D eigenvalue weighted by Gasteiger charge is -2.46. The molecule has 5 rings (SSSR count). The zero-order valence-corrected chi connectivity index (χ0v) is 38.7. The fourth-order valence-corrected chi connectivity index (χ4v) is 9.22. The molecule has 18 heteroatoms. The van der Waals surface area contributed by atoms with E-state index in [1.807, 2.05) is 84.1 Å². The van der Waals surface area contributed by atoms with E-state index in [2.05, 4.69) is 22.6 Å². The van der Waals surface area contributed by atoms with E-state index in [1.54, 1.807) is 23.6 Å². The number of nitrogen functional groups attached to an aromatic ring is 1. The van der Waals surface area contributed by atoms with Gasteiger partial charge in [-0.25, -0.2) is 4.79 Å². The molecule has 0 radical (unpaired) electrons. The number of unbranched alkanes of at least 4 members (excludes halogenated alkanes) is 1. The third kappa shape index (κ3) is 12.4. The van der Waals surface area contributed by atoms with Crippen LogP contribution in [0.25, 0.3) is 11.3 Å². The van der Waals surface area contributed by atoms with Gasteiger partial charge in [0.2, 0.25) is 0 Å². The summed E-state index contributed by atoms with van der Waals surface area (Å²) in [5, 5.41) is 23.7. The first-order valence-electron chi connectivity index (χ1n) is 21.4. The molecule has 61 heavy (non-hydrogen) atoms. The maximum absolute atomic E-state index is 14.0. The molecule has 0 spiro atoms. The molecule has 0 aliphatic carbocycles. The quantitative estimate of drug-likeness (QED) is 0.114. The van der Waals surface area contributed by atoms with Crippen LogP contribution in [0.1, 0.15) is 87.0 Å². The number of likely N-dealkylation sites (N-methyl/N-ethyl adjacent to an activating group) is 1. The molecular weight excluding hydrogens is 810 g/mol. The largest absolute Gasteiger partial charge is 0.458 e. The standard InChI is InChI=1S/C42H67N7O9.CH3FS/c1-11-34-42(7)37(49(40(53)58-42)18-13-12-17-48-24-31(45-46-48)29-15-14-16-30(43)20-29)28(5)44-23-25(2)22-41(6,54-10)38(27(4)33(50)21-35(51)56-34)57-39-36(52)32(47(8)9)19-26(3)55-39;1-3-2/h14-16,20,24-28,32,34,36-39,44,52H,11-13,17-19,21-23,43H2,1-10H3;1H3/t25-,26?,27+,28-,32?,34-,36?,37-,38-,39+,41-,42-;/m1./s1. The van der Waals surface area contributed by atoms with Crippen molar-refractivity contribution < 1.29 is 47.1 Å². The molecular formula is C43H70FN7O9S. The second-order valence-corrected chi connectivity index (χ2v) is 17.8. The fourth-order valence-electron chi connectivity index (χ4n) is 9.22. The Kier molecular flexibility index (Phi) is 18.4. The fraction of sp³-hybridized carbons (Fsp3) is 0.744. The summed E-state index contributed by atoms with van der Waals surface area (Å²) in [5.41, 5.74) is 5.97. The van der Waals surface area contributed by atoms with Gasteiger partial charge in [0, 0.05) is 67.9 Å². The molecule has 12 atom stereocenters. The minimum atomic E-state index is -1.22. The van der Waals surface area contributed by atoms with Crippen LogP contribution >= 0.6 is 12.1 Å². The molecule has 1 amide bonds. The minimum absolute atomic E-state index is 0.00550. The number of amides is 1. The van der Waals surface area contributed by atoms with E-state index in [-0.39, 0.29) is 36.3 Å². The predicted molar refractivity (Wildman–Crippen MR) is 232 cm³/mol. The van der Waals surface area contributed by atoms with Crippen LogP contribution in [-0.2, 0) is 39.8 Å². The molecule has 4 heterocycles. The number of carbonyl (C=O) groups is 3. The summed E-state index contributed by atoms with van der Waals surface area (Å²) in [6.45, 7) is 14.9. The number of cyclic esters (lactones) is 1. The van der Waals surface area contributed by atoms with Crippen LogP contribution in [0.15, 0.2) is 30.5 Å². The number of aliphatic hydroxyl groups is 1. The molecule has 3 saturated heterocycles. The van der Waals surface area contributed by atoms with Crippen LogP contribution in [0.5, 0.6) is 0 Å². The number of carbonyl (C=O) groups excluding carboxylic acids is 3. The van der Waals surface area contributed by atoms with Crippen molar-refractivity contribution in [2.24, 2.45) is 11.8 Å². The number of methoxy groups -OCH3 is 1. The second-order valence-electron chi connectivity index (χ2n) is 17.5. The first-order valence-corrected chi connectivity index (χ1v) is 22.5. The number of esters is 1. The monoisotopic (exact) mass is 879 g/mol. The van der Waals surface area contributed by atoms with Gasteiger partial charge in [-0.05, 0) is 98.5 Å². The number of ketones is 1. The van der Waals surface area contributed by atoms with Crippen molar-refractivity contribution in [1.29, 1.82) is 0 Å². The number of aliphatic hydroxyl groups excluding tert-OH is 1. The Labute approximate surface area is 365 Å². The maximum atomic E-state index is 14.0. The molecule has 3 fully saturated rings. The Morgan fingerprint density at radius 1 is 1.13 bits per heavy atom. The van der Waals surface area contributed by atoms with Gasteiger partial charge in [-0.15, -0.1) is 5.10 Å². The van der Waals surface area contributed by atoms with Crippen LogP contribution in [0.4, 0.5) is 14.4 Å². The number of nitrogens with zero attached hydrogens (tertiary/aromatic N) is 5. The Morgan fingerprint density at radius 3 is 2.46 bits per heavy atom. The number of halogens is 1. The number of rotatable bonds is 11. The maximum Gasteiger partial charge on any atom is 0.410 e. The van der Waals surface area contributed by atoms with Gasteiger partial charge in [-0.2, -0.15) is 3.89 Å². The molecule has 344 valence electrons. The van der Waals surface area contributed by atoms with Crippen molar-refractivity contribution in [3.05, 3.63) is 30.5 Å². The highest BCUT2D eigenvalue weighted by Crippen LogP contribution is 2.40. The summed E-state index contributed by atoms with van der Waals surface area (Å²) in [6.07, 6.45) is 1.12. The third-order valence-corrected chi connectivity index (χ3v) is 12.4. The van der Waals surface area contributed by atoms with Gasteiger partial charge in [-0.1, -0.05) is 38.1 Å². The molecule has 3 aliphatic rings. The summed E-state index contributed by atoms with van der Waals surface area (Å²) in [4.78, 5) is 45.2. The third-order valence-electron chi connectivity index (χ3n) is 12.4. The highest BCUT2D eigenvalue weighted by molar-refractivity contribution is 7.93. The van der Waals surface area contributed by atoms with Crippen molar-refractivity contribution in [2.75, 3.05) is 46.3 Å². The van der Waals surface area contributed by atoms with Crippen molar-refractivity contribution in [3.8, 4) is 11.3 Å². The lowest BCUT2D eigenvalue weighted by molar-refractivity contribution is -0.295. The molecule has 0 bridgehead atoms. The number of hydrogen-bond donors (Lipinski definition) is 3. The number of Topliss-reactive ketones (excluding diaryl/α,β-unsaturated/α-hetero) is 1. The van der Waals surface area contributed by atoms with Gasteiger partial charge in [0.25, 0.3) is 0 Å². The zero-order chi connectivity index (χ0) is 45.2. The van der Waals surface area contributed by atoms with Crippen LogP contribution in [-0.4, -0.2) is 148 Å². The molecule has 0 saturated carbocycles. The number of nitrogens with one attached hydrogen (secondary N) is 1. The van der Waals surface area contributed by atoms with E-state index in [9.17, 15) is 23.4 Å². The average molecular weight is 880 g/mol. The van der Waals surface area contributed by atoms with Gasteiger partial charge in [-0.3, -0.25) is 19.2 Å². The van der Waals surface area contributed by atoms with E-state index < -0.39 is 72.0 Å². The van der Waals surface area contributed by atoms with Crippen molar-refractivity contribution >= 4 is 35.7 Å². The van der Waals surface area contributed by atoms with Crippen LogP contribution in [0.3, 0.4) is 0 Å². The van der Waals surface area contributed by atoms with E-state index >= 15 is 0 Å². The van der Waals surface area contributed by atoms with Crippen molar-refractivity contribution in [1.82, 2.24) is 30.1 Å². The number of hydrogen-bond acceptors (Lipinski definition) is 15. The van der Waals surface area contributed by atoms with E-state index in [1.165, 1.54) is 6.26 Å². The van der Waals surface area contributed by atoms with Crippen molar-refractivity contribution in [3.63, 3.8) is 0 Å². The van der Waals surface area contributed by atoms with Gasteiger partial charge < -0.3 is 44.7 Å². The summed E-state index contributed by atoms with van der Waals surface area (Å²) >= 11 is 0.250. The lowest BCUT2D eigenvalue weighted by Crippen LogP contribution is -2.60. The topological polar surface area (TPSA) is 193 Å². The number of aryl methyl sites for hydroxylation is 1. The summed E-state index contributed by atoms with van der Waals surface area (Å²) in [7, 11) is 5.38. The number of aromatic nitrogens is 3. The first kappa shape index (κ1) is 50.3. The van der Waals surface area contributed by atoms with Crippen LogP contribution < -0.4 is 11.1 Å². The summed E-state index contributed by atoms with van der Waals surface area (Å²) in [6, 6.07) is 6.47. The van der Waals surface area contributed by atoms with E-state index in [0.29, 0.717) is 51.0 Å². The normalized spacial score (nSPS) is 34.1. The first-order chi connectivity index (χ1) is 28.8. The van der Waals surface area contributed by atoms with Crippen molar-refractivity contribution in [2.45, 2.75) is 154 Å². The van der Waals surface area contributed by atoms with Gasteiger partial charge in [0.15, 0.2) is 11.9 Å². The minimum Gasteiger partial charge on any atom is -0.458 e. The van der Waals surface area contributed by atoms with Gasteiger partial charge in [0.1, 0.15) is 30.1 Å². The number of ether oxygens (including phenoxy) is 5. The highest BCUT2D eigenvalue weighted by atomic mass is 32.2. The smallest absolute Gasteiger partial charge is 0.410 e. The molecule has 4 N–H and O–H groups in total. The Balaban J connectivity index is 0.00000265. The molecule has 2 aromatic rings. The van der Waals surface area contributed by atoms with Gasteiger partial charge in [0.05, 0.1) is 30.0 Å². The van der Waals surface area contributed by atoms with Crippen LogP contribution in [0, 0.1) is 11.8 Å². The van der Waals surface area contributed by atoms with Gasteiger partial charge >= 0.3 is 12.1 Å². The second kappa shape index (κ2) is 22.3. The number of nitrogens with two attached hydrogens (primary N) is 1. The summed E-state index contributed by atoms with van der Waals surface area (Å²) < 4.78 is 43.2. The SMILES string of the molecule is CC[C@H]1OC(=O)CC(=O)[C@H](C)[C@@H](O[C@@H]2OC(C)CC(N(C)C)C2O)[C@](C)(OC)C[C@@H](C)CN[C@H](C)[C@H]2N(CCCCn3cc(-c4cccc(N)c4)nn3)C(=O)O[C@]12C.CSF. The molecule has 1 aromatic heterocycles. The molecule has 3 aliphatic heterocycles. The zero-order valence-electron chi connectivity index (χ0n) is 37.8. The van der Waals surface area contributed by atoms with E-state index in [0.717, 1.165) is 17.7 Å². The number of fused-ring (bicyclic) bond motifs is 1. The predicted octanol–water partition coefficient (Wildman–Crippen LogP) is 5.27. The summed E-state index contributed by atoms with van der Waals surface area (Å²) in [5.74, 6) is -1.96. The van der Waals surface area contributed by atoms with E-state index in [4.69, 9.17) is 29.4 Å². The average Bonchev–Trinajstić information content (AvgIpc) is 3.78.